The summed E-state index contributed by atoms with van der Waals surface area (Å²) in [7, 11) is 0. The second kappa shape index (κ2) is 6.55. The molecule has 1 atom stereocenters. The molecule has 22 heavy (non-hydrogen) atoms. The van der Waals surface area contributed by atoms with Crippen molar-refractivity contribution in [2.75, 3.05) is 13.1 Å². The molecule has 0 spiro atoms. The molecule has 0 N–H and O–H groups in total. The van der Waals surface area contributed by atoms with E-state index in [-0.39, 0.29) is 11.8 Å². The number of rotatable bonds is 3. The van der Waals surface area contributed by atoms with Gasteiger partial charge in [-0.15, -0.1) is 10.2 Å². The first kappa shape index (κ1) is 15.1. The van der Waals surface area contributed by atoms with Crippen LogP contribution in [-0.4, -0.2) is 49.0 Å². The Morgan fingerprint density at radius 3 is 2.41 bits per heavy atom. The first-order valence-electron chi connectivity index (χ1n) is 6.94. The number of aromatic nitrogens is 4. The van der Waals surface area contributed by atoms with Gasteiger partial charge in [0, 0.05) is 34.5 Å². The van der Waals surface area contributed by atoms with Crippen LogP contribution < -0.4 is 0 Å². The van der Waals surface area contributed by atoms with Gasteiger partial charge < -0.3 is 0 Å². The van der Waals surface area contributed by atoms with Crippen LogP contribution in [0.15, 0.2) is 21.9 Å². The summed E-state index contributed by atoms with van der Waals surface area (Å²) in [5.74, 6) is 0.0539. The van der Waals surface area contributed by atoms with E-state index in [1.165, 1.54) is 23.1 Å². The van der Waals surface area contributed by atoms with Crippen LogP contribution in [0.4, 0.5) is 0 Å². The topological polar surface area (TPSA) is 71.9 Å². The highest BCUT2D eigenvalue weighted by Gasteiger charge is 2.31. The summed E-state index contributed by atoms with van der Waals surface area (Å²) in [6.07, 6.45) is 3.67. The van der Waals surface area contributed by atoms with Crippen LogP contribution in [0.25, 0.3) is 12.2 Å². The lowest BCUT2D eigenvalue weighted by Gasteiger charge is -2.35. The van der Waals surface area contributed by atoms with Crippen molar-refractivity contribution < 1.29 is 4.79 Å². The van der Waals surface area contributed by atoms with E-state index < -0.39 is 0 Å². The largest absolute Gasteiger partial charge is 0.292 e. The van der Waals surface area contributed by atoms with Crippen molar-refractivity contribution in [3.63, 3.8) is 0 Å². The quantitative estimate of drug-likeness (QED) is 0.802. The Morgan fingerprint density at radius 2 is 1.86 bits per heavy atom. The fraction of sp³-hybridized carbons (Fsp3) is 0.357. The third-order valence-electron chi connectivity index (χ3n) is 3.71. The molecular formula is C14H15N5OS2. The smallest absolute Gasteiger partial charge is 0.188 e. The number of piperidine rings is 1. The standard InChI is InChI=1S/C14H15N5OS2/c1-3-19-6-10(4-11-7-21-17-15-11)14(20)13(9(19)2)5-12-8-22-18-16-12/h4-5,7-9H,3,6H2,1-2H3/b10-4-,13-5+. The fourth-order valence-electron chi connectivity index (χ4n) is 2.49. The van der Waals surface area contributed by atoms with Crippen LogP contribution in [0.5, 0.6) is 0 Å². The van der Waals surface area contributed by atoms with Gasteiger partial charge in [-0.1, -0.05) is 15.9 Å². The molecule has 0 saturated carbocycles. The molecule has 1 unspecified atom stereocenters. The normalized spacial score (nSPS) is 23.5. The fourth-order valence-corrected chi connectivity index (χ4v) is 3.31. The van der Waals surface area contributed by atoms with Gasteiger partial charge in [0.15, 0.2) is 5.78 Å². The Hall–Kier alpha value is -1.77. The van der Waals surface area contributed by atoms with Gasteiger partial charge >= 0.3 is 0 Å². The minimum Gasteiger partial charge on any atom is -0.292 e. The molecule has 0 amide bonds. The van der Waals surface area contributed by atoms with Gasteiger partial charge in [0.2, 0.25) is 0 Å². The van der Waals surface area contributed by atoms with Crippen molar-refractivity contribution in [2.45, 2.75) is 19.9 Å². The Bertz CT molecular complexity index is 706. The summed E-state index contributed by atoms with van der Waals surface area (Å²) < 4.78 is 7.68. The summed E-state index contributed by atoms with van der Waals surface area (Å²) in [5.41, 5.74) is 2.94. The molecule has 114 valence electrons. The van der Waals surface area contributed by atoms with E-state index in [1.54, 1.807) is 0 Å². The molecule has 3 rings (SSSR count). The van der Waals surface area contributed by atoms with Crippen LogP contribution in [-0.2, 0) is 4.79 Å². The number of carbonyl (C=O) groups excluding carboxylic acids is 1. The third-order valence-corrected chi connectivity index (χ3v) is 4.76. The molecule has 1 fully saturated rings. The molecule has 1 aliphatic heterocycles. The maximum atomic E-state index is 12.8. The monoisotopic (exact) mass is 333 g/mol. The Balaban J connectivity index is 1.99. The molecule has 2 aromatic rings. The maximum absolute atomic E-state index is 12.8. The molecule has 3 heterocycles. The average molecular weight is 333 g/mol. The molecule has 8 heteroatoms. The van der Waals surface area contributed by atoms with E-state index in [2.05, 4.69) is 31.0 Å². The minimum atomic E-state index is 0.0539. The van der Waals surface area contributed by atoms with E-state index in [1.807, 2.05) is 29.8 Å². The Morgan fingerprint density at radius 1 is 1.23 bits per heavy atom. The molecule has 0 radical (unpaired) electrons. The second-order valence-corrected chi connectivity index (χ2v) is 6.22. The first-order valence-corrected chi connectivity index (χ1v) is 8.61. The number of Topliss-reactive ketones (excluding diaryl/α,β-unsaturated/α-hetero) is 1. The van der Waals surface area contributed by atoms with Gasteiger partial charge in [0.1, 0.15) is 0 Å². The lowest BCUT2D eigenvalue weighted by Crippen LogP contribution is -2.44. The van der Waals surface area contributed by atoms with E-state index in [0.717, 1.165) is 29.1 Å². The van der Waals surface area contributed by atoms with E-state index in [0.29, 0.717) is 6.54 Å². The lowest BCUT2D eigenvalue weighted by atomic mass is 9.90. The molecular weight excluding hydrogens is 318 g/mol. The third kappa shape index (κ3) is 3.03. The van der Waals surface area contributed by atoms with Crippen molar-refractivity contribution in [3.05, 3.63) is 33.3 Å². The van der Waals surface area contributed by atoms with Gasteiger partial charge in [-0.05, 0) is 48.7 Å². The van der Waals surface area contributed by atoms with Crippen LogP contribution in [0, 0.1) is 0 Å². The maximum Gasteiger partial charge on any atom is 0.188 e. The highest BCUT2D eigenvalue weighted by Crippen LogP contribution is 2.26. The predicted octanol–water partition coefficient (Wildman–Crippen LogP) is 2.15. The number of nitrogens with zero attached hydrogens (tertiary/aromatic N) is 5. The van der Waals surface area contributed by atoms with Crippen molar-refractivity contribution in [2.24, 2.45) is 0 Å². The van der Waals surface area contributed by atoms with E-state index in [9.17, 15) is 4.79 Å². The van der Waals surface area contributed by atoms with Crippen molar-refractivity contribution >= 4 is 41.0 Å². The van der Waals surface area contributed by atoms with E-state index in [4.69, 9.17) is 0 Å². The van der Waals surface area contributed by atoms with Gasteiger partial charge in [-0.2, -0.15) is 0 Å². The van der Waals surface area contributed by atoms with Gasteiger partial charge in [-0.25, -0.2) is 0 Å². The summed E-state index contributed by atoms with van der Waals surface area (Å²) in [6, 6.07) is 0.0601. The van der Waals surface area contributed by atoms with Crippen LogP contribution in [0.3, 0.4) is 0 Å². The van der Waals surface area contributed by atoms with Crippen LogP contribution in [0.2, 0.25) is 0 Å². The summed E-state index contributed by atoms with van der Waals surface area (Å²) in [4.78, 5) is 15.0. The van der Waals surface area contributed by atoms with Crippen LogP contribution >= 0.6 is 23.1 Å². The zero-order valence-electron chi connectivity index (χ0n) is 12.3. The molecule has 0 bridgehead atoms. The number of hydrogen-bond acceptors (Lipinski definition) is 8. The number of likely N-dealkylation sites (N-methyl/N-ethyl adjacent to an activating group) is 1. The number of hydrogen-bond donors (Lipinski definition) is 0. The molecule has 0 aliphatic carbocycles. The Kier molecular flexibility index (Phi) is 4.51. The highest BCUT2D eigenvalue weighted by atomic mass is 32.1. The Labute approximate surface area is 136 Å². The van der Waals surface area contributed by atoms with Gasteiger partial charge in [0.05, 0.1) is 11.4 Å². The first-order chi connectivity index (χ1) is 10.7. The van der Waals surface area contributed by atoms with E-state index >= 15 is 0 Å². The molecule has 0 aromatic carbocycles. The summed E-state index contributed by atoms with van der Waals surface area (Å²) in [5, 5.41) is 11.7. The zero-order chi connectivity index (χ0) is 15.5. The van der Waals surface area contributed by atoms with Crippen LogP contribution in [0.1, 0.15) is 25.2 Å². The summed E-state index contributed by atoms with van der Waals surface area (Å²) in [6.45, 7) is 5.64. The average Bonchev–Trinajstić information content (AvgIpc) is 3.20. The lowest BCUT2D eigenvalue weighted by molar-refractivity contribution is -0.114. The predicted molar refractivity (Wildman–Crippen MR) is 87.5 cm³/mol. The molecule has 2 aromatic heterocycles. The minimum absolute atomic E-state index is 0.0539. The number of carbonyl (C=O) groups is 1. The SMILES string of the molecule is CCN1C/C(=C/c2csnn2)C(=O)/C(=C/c2csnn2)C1C. The van der Waals surface area contributed by atoms with Gasteiger partial charge in [-0.3, -0.25) is 9.69 Å². The summed E-state index contributed by atoms with van der Waals surface area (Å²) >= 11 is 2.56. The molecule has 6 nitrogen and oxygen atoms in total. The zero-order valence-corrected chi connectivity index (χ0v) is 13.9. The molecule has 1 aliphatic rings. The highest BCUT2D eigenvalue weighted by molar-refractivity contribution is 7.03. The van der Waals surface area contributed by atoms with Crippen molar-refractivity contribution in [3.8, 4) is 0 Å². The second-order valence-electron chi connectivity index (χ2n) is 5.00. The number of likely N-dealkylation sites (tertiary alicyclic amines) is 1. The number of ketones is 1. The van der Waals surface area contributed by atoms with Crippen molar-refractivity contribution in [1.82, 2.24) is 24.1 Å². The van der Waals surface area contributed by atoms with Gasteiger partial charge in [0.25, 0.3) is 0 Å². The van der Waals surface area contributed by atoms with Crippen molar-refractivity contribution in [1.29, 1.82) is 0 Å². The molecule has 1 saturated heterocycles.